The highest BCUT2D eigenvalue weighted by atomic mass is 35.5. The third-order valence-electron chi connectivity index (χ3n) is 6.97. The Bertz CT molecular complexity index is 1600. The number of quaternary nitrogens is 1. The van der Waals surface area contributed by atoms with Gasteiger partial charge in [0, 0.05) is 24.5 Å². The summed E-state index contributed by atoms with van der Waals surface area (Å²) >= 11 is 5.96. The van der Waals surface area contributed by atoms with E-state index in [2.05, 4.69) is 30.5 Å². The first-order valence-corrected chi connectivity index (χ1v) is 13.0. The van der Waals surface area contributed by atoms with Crippen LogP contribution in [0.15, 0.2) is 88.6 Å². The minimum atomic E-state index is -0.335. The third-order valence-corrected chi connectivity index (χ3v) is 7.15. The van der Waals surface area contributed by atoms with Gasteiger partial charge in [-0.1, -0.05) is 0 Å². The van der Waals surface area contributed by atoms with E-state index in [-0.39, 0.29) is 33.4 Å². The van der Waals surface area contributed by atoms with Crippen LogP contribution in [0.25, 0.3) is 0 Å². The predicted octanol–water partition coefficient (Wildman–Crippen LogP) is 3.09. The third kappa shape index (κ3) is 4.68. The van der Waals surface area contributed by atoms with Crippen LogP contribution in [0.3, 0.4) is 0 Å². The standard InChI is InChI=1S/C27H23ClN10O2/c28-27-31-12-10-19(33-27)26(40)37-14-2-1-4-20(37)23-21-16-30-13-15-38(21,29)24(35-23)17-6-8-18(9-7-17)25(39)34-22-5-3-11-32-36-22/h3,5-13,15-16,20H,1-2,4,14,29H2/p+1. The molecule has 200 valence electrons. The molecule has 3 aromatic rings. The molecule has 5 heterocycles. The number of likely N-dealkylation sites (tertiary alicyclic amines) is 1. The molecule has 2 amide bonds. The van der Waals surface area contributed by atoms with Gasteiger partial charge in [0.1, 0.15) is 17.6 Å². The quantitative estimate of drug-likeness (QED) is 0.279. The van der Waals surface area contributed by atoms with Gasteiger partial charge >= 0.3 is 0 Å². The number of aromatic nitrogens is 4. The van der Waals surface area contributed by atoms with Crippen LogP contribution in [0.5, 0.6) is 0 Å². The molecule has 0 aliphatic carbocycles. The lowest BCUT2D eigenvalue weighted by Crippen LogP contribution is -2.53. The van der Waals surface area contributed by atoms with Crippen LogP contribution in [-0.4, -0.2) is 66.1 Å². The molecule has 1 saturated heterocycles. The fourth-order valence-electron chi connectivity index (χ4n) is 5.04. The monoisotopic (exact) mass is 555 g/mol. The van der Waals surface area contributed by atoms with Gasteiger partial charge in [0.2, 0.25) is 11.0 Å². The number of anilines is 1. The van der Waals surface area contributed by atoms with Gasteiger partial charge in [-0.15, -0.1) is 9.69 Å². The number of nitrogens with zero attached hydrogens (tertiary/aromatic N) is 8. The van der Waals surface area contributed by atoms with Gasteiger partial charge in [-0.25, -0.2) is 9.97 Å². The van der Waals surface area contributed by atoms with Crippen LogP contribution in [-0.2, 0) is 0 Å². The van der Waals surface area contributed by atoms with Crippen molar-refractivity contribution < 1.29 is 14.2 Å². The van der Waals surface area contributed by atoms with Crippen molar-refractivity contribution in [2.24, 2.45) is 15.8 Å². The van der Waals surface area contributed by atoms with Gasteiger partial charge < -0.3 is 10.2 Å². The normalized spacial score (nSPS) is 21.7. The summed E-state index contributed by atoms with van der Waals surface area (Å²) in [5.41, 5.74) is 2.73. The number of hydrogen-bond donors (Lipinski definition) is 2. The Morgan fingerprint density at radius 2 is 1.95 bits per heavy atom. The summed E-state index contributed by atoms with van der Waals surface area (Å²) in [5.74, 6) is 7.27. The summed E-state index contributed by atoms with van der Waals surface area (Å²) < 4.78 is -0.207. The lowest BCUT2D eigenvalue weighted by molar-refractivity contribution is -0.750. The number of rotatable bonds is 5. The molecule has 0 spiro atoms. The molecule has 2 atom stereocenters. The first kappa shape index (κ1) is 25.6. The second-order valence-corrected chi connectivity index (χ2v) is 9.76. The number of carbonyl (C=O) groups excluding carboxylic acids is 2. The smallest absolute Gasteiger partial charge is 0.273 e. The maximum absolute atomic E-state index is 13.5. The number of amides is 2. The van der Waals surface area contributed by atoms with Crippen molar-refractivity contribution >= 4 is 41.3 Å². The molecule has 0 radical (unpaired) electrons. The molecule has 2 unspecified atom stereocenters. The highest BCUT2D eigenvalue weighted by molar-refractivity contribution is 6.28. The topological polar surface area (TPSA) is 152 Å². The number of allylic oxidation sites excluding steroid dienone is 1. The zero-order chi connectivity index (χ0) is 27.7. The Balaban J connectivity index is 1.32. The van der Waals surface area contributed by atoms with E-state index < -0.39 is 0 Å². The number of benzene rings is 1. The van der Waals surface area contributed by atoms with Crippen molar-refractivity contribution in [2.75, 3.05) is 11.9 Å². The molecule has 3 N–H and O–H groups in total. The highest BCUT2D eigenvalue weighted by Gasteiger charge is 2.47. The summed E-state index contributed by atoms with van der Waals surface area (Å²) in [6.07, 6.45) is 10.5. The van der Waals surface area contributed by atoms with Crippen molar-refractivity contribution in [1.29, 1.82) is 0 Å². The van der Waals surface area contributed by atoms with Gasteiger partial charge in [0.05, 0.1) is 24.0 Å². The molecule has 1 aromatic carbocycles. The number of amidine groups is 1. The molecule has 0 bridgehead atoms. The zero-order valence-corrected chi connectivity index (χ0v) is 21.9. The molecule has 6 rings (SSSR count). The van der Waals surface area contributed by atoms with Crippen molar-refractivity contribution in [3.63, 3.8) is 0 Å². The Hall–Kier alpha value is -4.65. The first-order chi connectivity index (χ1) is 19.4. The molecule has 2 aromatic heterocycles. The summed E-state index contributed by atoms with van der Waals surface area (Å²) in [6.45, 7) is 0.542. The largest absolute Gasteiger partial charge is 0.328 e. The number of halogens is 1. The molecule has 3 aliphatic rings. The number of fused-ring (bicyclic) bond motifs is 1. The van der Waals surface area contributed by atoms with E-state index in [4.69, 9.17) is 22.4 Å². The molecular weight excluding hydrogens is 532 g/mol. The van der Waals surface area contributed by atoms with Crippen molar-refractivity contribution in [3.8, 4) is 0 Å². The van der Waals surface area contributed by atoms with Crippen molar-refractivity contribution in [1.82, 2.24) is 25.1 Å². The second kappa shape index (κ2) is 10.5. The maximum Gasteiger partial charge on any atom is 0.273 e. The fraction of sp³-hybridized carbons (Fsp3) is 0.185. The van der Waals surface area contributed by atoms with Gasteiger partial charge in [0.15, 0.2) is 5.82 Å². The van der Waals surface area contributed by atoms with Crippen molar-refractivity contribution in [3.05, 3.63) is 101 Å². The van der Waals surface area contributed by atoms with Gasteiger partial charge in [-0.3, -0.25) is 14.6 Å². The lowest BCUT2D eigenvalue weighted by Gasteiger charge is -2.35. The predicted molar refractivity (Wildman–Crippen MR) is 148 cm³/mol. The van der Waals surface area contributed by atoms with Crippen LogP contribution >= 0.6 is 11.6 Å². The number of nitrogens with two attached hydrogens (primary N) is 1. The number of carbonyl (C=O) groups is 2. The second-order valence-electron chi connectivity index (χ2n) is 9.42. The minimum absolute atomic E-state index is 0.0126. The first-order valence-electron chi connectivity index (χ1n) is 12.7. The average Bonchev–Trinajstić information content (AvgIpc) is 3.30. The van der Waals surface area contributed by atoms with Crippen LogP contribution in [0, 0.1) is 0 Å². The molecular formula is C27H24ClN10O2+. The average molecular weight is 556 g/mol. The molecule has 3 aliphatic heterocycles. The van der Waals surface area contributed by atoms with Crippen LogP contribution in [0.1, 0.15) is 45.7 Å². The number of piperidine rings is 1. The Morgan fingerprint density at radius 3 is 2.73 bits per heavy atom. The van der Waals surface area contributed by atoms with Crippen LogP contribution < -0.4 is 11.2 Å². The van der Waals surface area contributed by atoms with E-state index in [1.54, 1.807) is 66.0 Å². The van der Waals surface area contributed by atoms with E-state index in [1.807, 2.05) is 0 Å². The summed E-state index contributed by atoms with van der Waals surface area (Å²) in [4.78, 5) is 45.3. The Labute approximate surface area is 234 Å². The molecule has 12 nitrogen and oxygen atoms in total. The van der Waals surface area contributed by atoms with Crippen LogP contribution in [0.4, 0.5) is 5.82 Å². The minimum Gasteiger partial charge on any atom is -0.328 e. The molecule has 40 heavy (non-hydrogen) atoms. The number of nitrogens with one attached hydrogen (secondary N) is 1. The fourth-order valence-corrected chi connectivity index (χ4v) is 5.19. The van der Waals surface area contributed by atoms with E-state index in [9.17, 15) is 9.59 Å². The van der Waals surface area contributed by atoms with Crippen molar-refractivity contribution in [2.45, 2.75) is 25.3 Å². The maximum atomic E-state index is 13.5. The van der Waals surface area contributed by atoms with E-state index in [1.165, 1.54) is 12.4 Å². The number of hydrogen-bond acceptors (Lipinski definition) is 9. The molecule has 0 saturated carbocycles. The van der Waals surface area contributed by atoms with Crippen LogP contribution in [0.2, 0.25) is 5.28 Å². The zero-order valence-electron chi connectivity index (χ0n) is 21.2. The molecule has 1 fully saturated rings. The lowest BCUT2D eigenvalue weighted by atomic mass is 9.97. The van der Waals surface area contributed by atoms with E-state index in [0.717, 1.165) is 18.4 Å². The highest BCUT2D eigenvalue weighted by Crippen LogP contribution is 2.37. The van der Waals surface area contributed by atoms with Gasteiger partial charge in [-0.05, 0) is 73.3 Å². The Kier molecular flexibility index (Phi) is 6.72. The van der Waals surface area contributed by atoms with E-state index >= 15 is 0 Å². The SMILES string of the molecule is N[N+]12C=CN=CC1=C(C1CCCCN1C(=O)c1ccnc(Cl)n1)N=C2c1ccc(C(=O)Nc2cccnn2)cc1. The van der Waals surface area contributed by atoms with Gasteiger partial charge in [0.25, 0.3) is 17.6 Å². The summed E-state index contributed by atoms with van der Waals surface area (Å²) in [6, 6.07) is 11.6. The van der Waals surface area contributed by atoms with E-state index in [0.29, 0.717) is 41.6 Å². The summed E-state index contributed by atoms with van der Waals surface area (Å²) in [7, 11) is 0. The molecule has 13 heteroatoms. The van der Waals surface area contributed by atoms with Gasteiger partial charge in [-0.2, -0.15) is 15.9 Å². The summed E-state index contributed by atoms with van der Waals surface area (Å²) in [5, 5.41) is 10.4. The number of aliphatic imine (C=N–C) groups is 2. The Morgan fingerprint density at radius 1 is 1.10 bits per heavy atom.